The van der Waals surface area contributed by atoms with Crippen LogP contribution >= 0.6 is 11.3 Å². The van der Waals surface area contributed by atoms with Crippen molar-refractivity contribution in [3.05, 3.63) is 51.2 Å². The van der Waals surface area contributed by atoms with Crippen LogP contribution in [0, 0.1) is 5.92 Å². The summed E-state index contributed by atoms with van der Waals surface area (Å²) in [5, 5.41) is 5.69. The number of benzene rings is 1. The fraction of sp³-hybridized carbons (Fsp3) is 0.400. The Kier molecular flexibility index (Phi) is 5.93. The lowest BCUT2D eigenvalue weighted by atomic mass is 9.90. The monoisotopic (exact) mass is 372 g/mol. The topological polar surface area (TPSA) is 67.4 Å². The van der Waals surface area contributed by atoms with Gasteiger partial charge in [0.15, 0.2) is 0 Å². The van der Waals surface area contributed by atoms with E-state index in [2.05, 4.69) is 17.6 Å². The molecule has 0 aliphatic heterocycles. The van der Waals surface area contributed by atoms with Crippen molar-refractivity contribution in [2.75, 3.05) is 20.2 Å². The molecular weight excluding hydrogens is 348 g/mol. The van der Waals surface area contributed by atoms with Crippen LogP contribution in [-0.4, -0.2) is 32.0 Å². The molecule has 138 valence electrons. The van der Waals surface area contributed by atoms with Crippen molar-refractivity contribution in [2.24, 2.45) is 5.92 Å². The fourth-order valence-corrected chi connectivity index (χ4v) is 4.23. The number of rotatable bonds is 6. The number of thiophene rings is 1. The van der Waals surface area contributed by atoms with E-state index in [-0.39, 0.29) is 11.8 Å². The number of methoxy groups -OCH3 is 1. The quantitative estimate of drug-likeness (QED) is 0.766. The average molecular weight is 372 g/mol. The van der Waals surface area contributed by atoms with E-state index in [9.17, 15) is 9.59 Å². The zero-order chi connectivity index (χ0) is 18.5. The molecule has 1 heterocycles. The summed E-state index contributed by atoms with van der Waals surface area (Å²) in [5.41, 5.74) is 1.89. The van der Waals surface area contributed by atoms with E-state index in [4.69, 9.17) is 4.74 Å². The van der Waals surface area contributed by atoms with Gasteiger partial charge in [0.1, 0.15) is 5.75 Å². The molecule has 6 heteroatoms. The molecule has 1 aromatic carbocycles. The number of amides is 2. The first-order valence-corrected chi connectivity index (χ1v) is 9.70. The van der Waals surface area contributed by atoms with Crippen molar-refractivity contribution in [2.45, 2.75) is 26.2 Å². The fourth-order valence-electron chi connectivity index (χ4n) is 3.10. The molecule has 0 radical (unpaired) electrons. The summed E-state index contributed by atoms with van der Waals surface area (Å²) in [4.78, 5) is 26.5. The predicted molar refractivity (Wildman–Crippen MR) is 103 cm³/mol. The van der Waals surface area contributed by atoms with Gasteiger partial charge < -0.3 is 15.4 Å². The zero-order valence-electron chi connectivity index (χ0n) is 15.1. The Balaban J connectivity index is 1.44. The van der Waals surface area contributed by atoms with Crippen molar-refractivity contribution in [3.8, 4) is 5.75 Å². The molecule has 26 heavy (non-hydrogen) atoms. The summed E-state index contributed by atoms with van der Waals surface area (Å²) in [6.45, 7) is 3.05. The highest BCUT2D eigenvalue weighted by Gasteiger charge is 2.20. The van der Waals surface area contributed by atoms with Crippen molar-refractivity contribution in [3.63, 3.8) is 0 Å². The van der Waals surface area contributed by atoms with Crippen LogP contribution in [0.1, 0.15) is 43.8 Å². The predicted octanol–water partition coefficient (Wildman–Crippen LogP) is 3.04. The van der Waals surface area contributed by atoms with Gasteiger partial charge in [-0.15, -0.1) is 11.3 Å². The van der Waals surface area contributed by atoms with Crippen LogP contribution in [0.2, 0.25) is 0 Å². The van der Waals surface area contributed by atoms with Crippen LogP contribution in [0.15, 0.2) is 30.3 Å². The maximum atomic E-state index is 12.3. The normalized spacial score (nSPS) is 15.8. The SMILES string of the molecule is COc1ccc(C(=O)NCCNC(=O)c2cc3c(s2)CCC(C)C3)cc1. The van der Waals surface area contributed by atoms with Crippen LogP contribution in [0.4, 0.5) is 0 Å². The van der Waals surface area contributed by atoms with Crippen LogP contribution in [0.5, 0.6) is 5.75 Å². The first-order valence-electron chi connectivity index (χ1n) is 8.89. The van der Waals surface area contributed by atoms with Gasteiger partial charge in [-0.3, -0.25) is 9.59 Å². The third-order valence-electron chi connectivity index (χ3n) is 4.60. The minimum atomic E-state index is -0.164. The van der Waals surface area contributed by atoms with E-state index in [1.807, 2.05) is 6.07 Å². The van der Waals surface area contributed by atoms with Gasteiger partial charge in [0, 0.05) is 23.5 Å². The molecular formula is C20H24N2O3S. The van der Waals surface area contributed by atoms with Crippen LogP contribution in [-0.2, 0) is 12.8 Å². The number of ether oxygens (including phenoxy) is 1. The molecule has 5 nitrogen and oxygen atoms in total. The molecule has 0 spiro atoms. The van der Waals surface area contributed by atoms with E-state index < -0.39 is 0 Å². The van der Waals surface area contributed by atoms with Gasteiger partial charge in [-0.2, -0.15) is 0 Å². The van der Waals surface area contributed by atoms with E-state index in [1.165, 1.54) is 16.9 Å². The van der Waals surface area contributed by atoms with Gasteiger partial charge >= 0.3 is 0 Å². The smallest absolute Gasteiger partial charge is 0.261 e. The number of hydrogen-bond acceptors (Lipinski definition) is 4. The maximum Gasteiger partial charge on any atom is 0.261 e. The lowest BCUT2D eigenvalue weighted by molar-refractivity contribution is 0.0929. The second-order valence-corrected chi connectivity index (χ2v) is 7.78. The Labute approximate surface area is 157 Å². The van der Waals surface area contributed by atoms with Crippen molar-refractivity contribution >= 4 is 23.2 Å². The van der Waals surface area contributed by atoms with Gasteiger partial charge in [-0.1, -0.05) is 6.92 Å². The average Bonchev–Trinajstić information content (AvgIpc) is 3.08. The lowest BCUT2D eigenvalue weighted by Gasteiger charge is -2.16. The number of aryl methyl sites for hydroxylation is 1. The first kappa shape index (κ1) is 18.5. The van der Waals surface area contributed by atoms with Crippen molar-refractivity contribution in [1.29, 1.82) is 0 Å². The maximum absolute atomic E-state index is 12.3. The van der Waals surface area contributed by atoms with Crippen LogP contribution in [0.25, 0.3) is 0 Å². The number of nitrogens with one attached hydrogen (secondary N) is 2. The van der Waals surface area contributed by atoms with Crippen molar-refractivity contribution in [1.82, 2.24) is 10.6 Å². The zero-order valence-corrected chi connectivity index (χ0v) is 15.9. The Morgan fingerprint density at radius 3 is 2.54 bits per heavy atom. The number of carbonyl (C=O) groups excluding carboxylic acids is 2. The first-order chi connectivity index (χ1) is 12.6. The summed E-state index contributed by atoms with van der Waals surface area (Å²) >= 11 is 1.60. The standard InChI is InChI=1S/C20H24N2O3S/c1-13-3-8-17-15(11-13)12-18(26-17)20(24)22-10-9-21-19(23)14-4-6-16(25-2)7-5-14/h4-7,12-13H,3,8-11H2,1-2H3,(H,21,23)(H,22,24). The number of fused-ring (bicyclic) bond motifs is 1. The second-order valence-electron chi connectivity index (χ2n) is 6.65. The van der Waals surface area contributed by atoms with E-state index in [1.54, 1.807) is 42.7 Å². The Morgan fingerprint density at radius 2 is 1.85 bits per heavy atom. The Bertz CT molecular complexity index is 783. The highest BCUT2D eigenvalue weighted by molar-refractivity contribution is 7.14. The summed E-state index contributed by atoms with van der Waals surface area (Å²) in [5.74, 6) is 1.18. The minimum Gasteiger partial charge on any atom is -0.497 e. The number of hydrogen-bond donors (Lipinski definition) is 2. The molecule has 2 N–H and O–H groups in total. The largest absolute Gasteiger partial charge is 0.497 e. The van der Waals surface area contributed by atoms with Gasteiger partial charge in [-0.05, 0) is 61.1 Å². The molecule has 2 amide bonds. The minimum absolute atomic E-state index is 0.0595. The summed E-state index contributed by atoms with van der Waals surface area (Å²) in [7, 11) is 1.59. The van der Waals surface area contributed by atoms with E-state index in [0.29, 0.717) is 30.3 Å². The second kappa shape index (κ2) is 8.36. The summed E-state index contributed by atoms with van der Waals surface area (Å²) < 4.78 is 5.07. The third kappa shape index (κ3) is 4.43. The highest BCUT2D eigenvalue weighted by Crippen LogP contribution is 2.32. The lowest BCUT2D eigenvalue weighted by Crippen LogP contribution is -2.34. The molecule has 0 fully saturated rings. The summed E-state index contributed by atoms with van der Waals surface area (Å²) in [6.07, 6.45) is 3.34. The van der Waals surface area contributed by atoms with Gasteiger partial charge in [0.2, 0.25) is 0 Å². The third-order valence-corrected chi connectivity index (χ3v) is 5.84. The molecule has 2 aromatic rings. The molecule has 3 rings (SSSR count). The van der Waals surface area contributed by atoms with E-state index in [0.717, 1.165) is 17.7 Å². The Hall–Kier alpha value is -2.34. The molecule has 1 atom stereocenters. The number of carbonyl (C=O) groups is 2. The highest BCUT2D eigenvalue weighted by atomic mass is 32.1. The van der Waals surface area contributed by atoms with Crippen molar-refractivity contribution < 1.29 is 14.3 Å². The van der Waals surface area contributed by atoms with Crippen LogP contribution in [0.3, 0.4) is 0 Å². The van der Waals surface area contributed by atoms with Gasteiger partial charge in [0.05, 0.1) is 12.0 Å². The van der Waals surface area contributed by atoms with Crippen LogP contribution < -0.4 is 15.4 Å². The summed E-state index contributed by atoms with van der Waals surface area (Å²) in [6, 6.07) is 8.95. The van der Waals surface area contributed by atoms with Gasteiger partial charge in [0.25, 0.3) is 11.8 Å². The molecule has 1 aliphatic carbocycles. The molecule has 1 aromatic heterocycles. The molecule has 0 saturated heterocycles. The van der Waals surface area contributed by atoms with Gasteiger partial charge in [-0.25, -0.2) is 0 Å². The Morgan fingerprint density at radius 1 is 1.15 bits per heavy atom. The van der Waals surface area contributed by atoms with E-state index >= 15 is 0 Å². The molecule has 0 saturated carbocycles. The molecule has 1 unspecified atom stereocenters. The molecule has 0 bridgehead atoms. The molecule has 1 aliphatic rings.